The topological polar surface area (TPSA) is 29.3 Å². The first-order chi connectivity index (χ1) is 8.08. The van der Waals surface area contributed by atoms with Crippen LogP contribution in [-0.2, 0) is 0 Å². The summed E-state index contributed by atoms with van der Waals surface area (Å²) in [6, 6.07) is 3.11. The van der Waals surface area contributed by atoms with Gasteiger partial charge in [-0.05, 0) is 41.2 Å². The Labute approximate surface area is 115 Å². The molecule has 0 aliphatic rings. The molecular formula is C12H18BrFN2S. The number of halogens is 2. The Balaban J connectivity index is 2.55. The standard InChI is InChI=1S/C12H18BrFN2S/c1-3-16(4-2)5-6-17-12-8-10(14)9(13)7-11(12)15/h7-8H,3-6,15H2,1-2H3. The molecular weight excluding hydrogens is 303 g/mol. The molecule has 2 nitrogen and oxygen atoms in total. The molecule has 0 amide bonds. The highest BCUT2D eigenvalue weighted by Gasteiger charge is 2.07. The summed E-state index contributed by atoms with van der Waals surface area (Å²) in [5, 5.41) is 0. The zero-order valence-electron chi connectivity index (χ0n) is 10.2. The van der Waals surface area contributed by atoms with Crippen molar-refractivity contribution in [1.29, 1.82) is 0 Å². The summed E-state index contributed by atoms with van der Waals surface area (Å²) in [5.74, 6) is 0.664. The van der Waals surface area contributed by atoms with Crippen molar-refractivity contribution >= 4 is 33.4 Å². The summed E-state index contributed by atoms with van der Waals surface area (Å²) >= 11 is 4.72. The first-order valence-corrected chi connectivity index (χ1v) is 7.46. The van der Waals surface area contributed by atoms with Crippen molar-refractivity contribution in [2.24, 2.45) is 0 Å². The minimum atomic E-state index is -0.260. The van der Waals surface area contributed by atoms with E-state index >= 15 is 0 Å². The van der Waals surface area contributed by atoms with Crippen molar-refractivity contribution in [3.63, 3.8) is 0 Å². The molecule has 2 N–H and O–H groups in total. The average Bonchev–Trinajstić information content (AvgIpc) is 2.31. The molecule has 0 aliphatic heterocycles. The minimum Gasteiger partial charge on any atom is -0.398 e. The van der Waals surface area contributed by atoms with Crippen molar-refractivity contribution < 1.29 is 4.39 Å². The molecule has 5 heteroatoms. The van der Waals surface area contributed by atoms with Crippen LogP contribution in [0.25, 0.3) is 0 Å². The molecule has 0 spiro atoms. The number of anilines is 1. The van der Waals surface area contributed by atoms with E-state index in [1.165, 1.54) is 6.07 Å². The van der Waals surface area contributed by atoms with Crippen molar-refractivity contribution in [2.75, 3.05) is 31.1 Å². The average molecular weight is 321 g/mol. The molecule has 0 bridgehead atoms. The number of hydrogen-bond acceptors (Lipinski definition) is 3. The molecule has 0 aromatic heterocycles. The molecule has 0 saturated heterocycles. The lowest BCUT2D eigenvalue weighted by Gasteiger charge is -2.17. The van der Waals surface area contributed by atoms with E-state index in [9.17, 15) is 4.39 Å². The molecule has 1 rings (SSSR count). The summed E-state index contributed by atoms with van der Waals surface area (Å²) < 4.78 is 13.8. The number of rotatable bonds is 6. The summed E-state index contributed by atoms with van der Waals surface area (Å²) in [7, 11) is 0. The molecule has 0 saturated carbocycles. The normalized spacial score (nSPS) is 11.1. The van der Waals surface area contributed by atoms with Gasteiger partial charge in [0.2, 0.25) is 0 Å². The van der Waals surface area contributed by atoms with Crippen molar-refractivity contribution in [1.82, 2.24) is 4.90 Å². The van der Waals surface area contributed by atoms with Crippen LogP contribution in [0.4, 0.5) is 10.1 Å². The van der Waals surface area contributed by atoms with Crippen LogP contribution in [0.5, 0.6) is 0 Å². The van der Waals surface area contributed by atoms with Gasteiger partial charge in [-0.15, -0.1) is 11.8 Å². The van der Waals surface area contributed by atoms with E-state index in [2.05, 4.69) is 34.7 Å². The van der Waals surface area contributed by atoms with Gasteiger partial charge in [0, 0.05) is 22.9 Å². The lowest BCUT2D eigenvalue weighted by Crippen LogP contribution is -2.25. The van der Waals surface area contributed by atoms with E-state index < -0.39 is 0 Å². The number of nitrogens with zero attached hydrogens (tertiary/aromatic N) is 1. The summed E-state index contributed by atoms with van der Waals surface area (Å²) in [4.78, 5) is 3.15. The van der Waals surface area contributed by atoms with Crippen LogP contribution in [-0.4, -0.2) is 30.3 Å². The Morgan fingerprint density at radius 3 is 2.59 bits per heavy atom. The number of benzene rings is 1. The van der Waals surface area contributed by atoms with Crippen LogP contribution in [0.15, 0.2) is 21.5 Å². The van der Waals surface area contributed by atoms with E-state index in [-0.39, 0.29) is 5.82 Å². The van der Waals surface area contributed by atoms with E-state index in [0.29, 0.717) is 10.2 Å². The maximum atomic E-state index is 13.4. The van der Waals surface area contributed by atoms with Gasteiger partial charge >= 0.3 is 0 Å². The summed E-state index contributed by atoms with van der Waals surface area (Å²) in [6.07, 6.45) is 0. The predicted octanol–water partition coefficient (Wildman–Crippen LogP) is 3.60. The van der Waals surface area contributed by atoms with Gasteiger partial charge < -0.3 is 10.6 Å². The summed E-state index contributed by atoms with van der Waals surface area (Å²) in [6.45, 7) is 7.36. The van der Waals surface area contributed by atoms with E-state index in [0.717, 1.165) is 30.3 Å². The third-order valence-corrected chi connectivity index (χ3v) is 4.27. The van der Waals surface area contributed by atoms with Gasteiger partial charge in [0.05, 0.1) is 4.47 Å². The second-order valence-electron chi connectivity index (χ2n) is 3.68. The highest BCUT2D eigenvalue weighted by atomic mass is 79.9. The van der Waals surface area contributed by atoms with Crippen molar-refractivity contribution in [2.45, 2.75) is 18.7 Å². The first-order valence-electron chi connectivity index (χ1n) is 5.68. The Kier molecular flexibility index (Phi) is 6.30. The first kappa shape index (κ1) is 14.8. The van der Waals surface area contributed by atoms with E-state index in [4.69, 9.17) is 5.73 Å². The molecule has 17 heavy (non-hydrogen) atoms. The van der Waals surface area contributed by atoms with Crippen LogP contribution in [0.3, 0.4) is 0 Å². The molecule has 1 aromatic rings. The molecule has 96 valence electrons. The number of hydrogen-bond donors (Lipinski definition) is 1. The fraction of sp³-hybridized carbons (Fsp3) is 0.500. The molecule has 0 unspecified atom stereocenters. The van der Waals surface area contributed by atoms with Crippen LogP contribution < -0.4 is 5.73 Å². The second-order valence-corrected chi connectivity index (χ2v) is 5.67. The fourth-order valence-corrected chi connectivity index (χ4v) is 2.84. The number of nitrogens with two attached hydrogens (primary N) is 1. The van der Waals surface area contributed by atoms with Gasteiger partial charge in [-0.2, -0.15) is 0 Å². The maximum absolute atomic E-state index is 13.4. The predicted molar refractivity (Wildman–Crippen MR) is 77.0 cm³/mol. The van der Waals surface area contributed by atoms with E-state index in [1.54, 1.807) is 17.8 Å². The van der Waals surface area contributed by atoms with Gasteiger partial charge in [0.25, 0.3) is 0 Å². The molecule has 0 aliphatic carbocycles. The van der Waals surface area contributed by atoms with Crippen LogP contribution in [0.1, 0.15) is 13.8 Å². The zero-order valence-corrected chi connectivity index (χ0v) is 12.6. The Bertz CT molecular complexity index is 370. The molecule has 1 aromatic carbocycles. The van der Waals surface area contributed by atoms with E-state index in [1.807, 2.05) is 0 Å². The highest BCUT2D eigenvalue weighted by Crippen LogP contribution is 2.30. The number of thioether (sulfide) groups is 1. The third kappa shape index (κ3) is 4.48. The molecule has 0 radical (unpaired) electrons. The molecule has 0 fully saturated rings. The molecule has 0 heterocycles. The van der Waals surface area contributed by atoms with Crippen LogP contribution in [0, 0.1) is 5.82 Å². The highest BCUT2D eigenvalue weighted by molar-refractivity contribution is 9.10. The fourth-order valence-electron chi connectivity index (χ4n) is 1.49. The Hall–Kier alpha value is -0.260. The Morgan fingerprint density at radius 2 is 2.00 bits per heavy atom. The van der Waals surface area contributed by atoms with Gasteiger partial charge in [-0.1, -0.05) is 13.8 Å². The van der Waals surface area contributed by atoms with Crippen molar-refractivity contribution in [3.05, 3.63) is 22.4 Å². The minimum absolute atomic E-state index is 0.260. The quantitative estimate of drug-likeness (QED) is 0.641. The Morgan fingerprint density at radius 1 is 1.35 bits per heavy atom. The van der Waals surface area contributed by atoms with Gasteiger partial charge in [-0.3, -0.25) is 0 Å². The SMILES string of the molecule is CCN(CC)CCSc1cc(F)c(Br)cc1N. The third-order valence-electron chi connectivity index (χ3n) is 2.61. The monoisotopic (exact) mass is 320 g/mol. The zero-order chi connectivity index (χ0) is 12.8. The lowest BCUT2D eigenvalue weighted by molar-refractivity contribution is 0.324. The lowest BCUT2D eigenvalue weighted by atomic mass is 10.3. The van der Waals surface area contributed by atoms with Gasteiger partial charge in [0.15, 0.2) is 0 Å². The van der Waals surface area contributed by atoms with Crippen molar-refractivity contribution in [3.8, 4) is 0 Å². The largest absolute Gasteiger partial charge is 0.398 e. The second kappa shape index (κ2) is 7.24. The maximum Gasteiger partial charge on any atom is 0.138 e. The molecule has 0 atom stereocenters. The number of nitrogen functional groups attached to an aromatic ring is 1. The van der Waals surface area contributed by atoms with Gasteiger partial charge in [0.1, 0.15) is 5.82 Å². The van der Waals surface area contributed by atoms with Crippen LogP contribution in [0.2, 0.25) is 0 Å². The van der Waals surface area contributed by atoms with Gasteiger partial charge in [-0.25, -0.2) is 4.39 Å². The van der Waals surface area contributed by atoms with Crippen LogP contribution >= 0.6 is 27.7 Å². The summed E-state index contributed by atoms with van der Waals surface area (Å²) in [5.41, 5.74) is 6.47. The smallest absolute Gasteiger partial charge is 0.138 e.